The number of hydrogen-bond acceptors (Lipinski definition) is 4. The van der Waals surface area contributed by atoms with Gasteiger partial charge < -0.3 is 14.9 Å². The van der Waals surface area contributed by atoms with Crippen LogP contribution in [0.15, 0.2) is 46.6 Å². The van der Waals surface area contributed by atoms with Gasteiger partial charge in [-0.2, -0.15) is 0 Å². The quantitative estimate of drug-likeness (QED) is 0.369. The molecular formula is C26H40O4. The number of carbonyl (C=O) groups is 1. The number of rotatable bonds is 10. The van der Waals surface area contributed by atoms with Gasteiger partial charge in [-0.15, -0.1) is 0 Å². The highest BCUT2D eigenvalue weighted by Gasteiger charge is 2.48. The highest BCUT2D eigenvalue weighted by Crippen LogP contribution is 2.52. The maximum absolute atomic E-state index is 13.5. The lowest BCUT2D eigenvalue weighted by Crippen LogP contribution is -2.40. The minimum Gasteiger partial charge on any atom is -0.460 e. The Kier molecular flexibility index (Phi) is 9.11. The third-order valence-corrected chi connectivity index (χ3v) is 6.92. The molecule has 0 aromatic carbocycles. The van der Waals surface area contributed by atoms with E-state index in [1.54, 1.807) is 0 Å². The lowest BCUT2D eigenvalue weighted by Gasteiger charge is -2.42. The largest absolute Gasteiger partial charge is 0.460 e. The zero-order valence-corrected chi connectivity index (χ0v) is 19.3. The van der Waals surface area contributed by atoms with Crippen molar-refractivity contribution < 1.29 is 19.7 Å². The van der Waals surface area contributed by atoms with E-state index in [2.05, 4.69) is 19.6 Å². The van der Waals surface area contributed by atoms with Gasteiger partial charge in [-0.05, 0) is 93.4 Å². The molecule has 0 amide bonds. The van der Waals surface area contributed by atoms with Crippen LogP contribution in [0.2, 0.25) is 0 Å². The molecule has 1 unspecified atom stereocenters. The molecule has 30 heavy (non-hydrogen) atoms. The molecule has 0 radical (unpaired) electrons. The van der Waals surface area contributed by atoms with Crippen molar-refractivity contribution in [1.29, 1.82) is 0 Å². The fourth-order valence-corrected chi connectivity index (χ4v) is 4.83. The first-order valence-corrected chi connectivity index (χ1v) is 11.4. The van der Waals surface area contributed by atoms with E-state index in [-0.39, 0.29) is 31.2 Å². The van der Waals surface area contributed by atoms with Crippen molar-refractivity contribution in [3.05, 3.63) is 46.6 Å². The first-order valence-electron chi connectivity index (χ1n) is 11.4. The van der Waals surface area contributed by atoms with Gasteiger partial charge in [0.2, 0.25) is 0 Å². The Morgan fingerprint density at radius 3 is 2.73 bits per heavy atom. The van der Waals surface area contributed by atoms with E-state index in [1.165, 1.54) is 11.1 Å². The number of aliphatic hydroxyl groups excluding tert-OH is 2. The van der Waals surface area contributed by atoms with Crippen LogP contribution in [0, 0.1) is 11.3 Å². The summed E-state index contributed by atoms with van der Waals surface area (Å²) in [7, 11) is 0. The van der Waals surface area contributed by atoms with Crippen LogP contribution >= 0.6 is 0 Å². The van der Waals surface area contributed by atoms with E-state index in [1.807, 2.05) is 26.8 Å². The van der Waals surface area contributed by atoms with Crippen LogP contribution in [-0.2, 0) is 9.53 Å². The van der Waals surface area contributed by atoms with E-state index >= 15 is 0 Å². The monoisotopic (exact) mass is 416 g/mol. The molecule has 0 aliphatic heterocycles. The topological polar surface area (TPSA) is 66.8 Å². The van der Waals surface area contributed by atoms with Crippen molar-refractivity contribution >= 4 is 5.97 Å². The molecule has 2 aliphatic rings. The fourth-order valence-electron chi connectivity index (χ4n) is 4.83. The molecule has 0 saturated carbocycles. The van der Waals surface area contributed by atoms with E-state index in [4.69, 9.17) is 4.74 Å². The molecule has 0 saturated heterocycles. The van der Waals surface area contributed by atoms with Crippen molar-refractivity contribution in [2.24, 2.45) is 11.3 Å². The molecule has 0 heterocycles. The van der Waals surface area contributed by atoms with E-state index < -0.39 is 5.41 Å². The van der Waals surface area contributed by atoms with Crippen molar-refractivity contribution in [3.8, 4) is 0 Å². The molecule has 2 rings (SSSR count). The van der Waals surface area contributed by atoms with Crippen molar-refractivity contribution in [1.82, 2.24) is 0 Å². The standard InChI is InChI=1S/C26H40O4/c1-6-22-12-8-13-23-19(4)10-9-15-26(22,23)25(29)30-17-21(20(5)16-27)11-7-14-24(28)18(2)3/h6,12,18,24,27-28H,1,7-11,13-17H2,2-5H3/b21-20-/t24?,26-/m0/s1. The summed E-state index contributed by atoms with van der Waals surface area (Å²) in [4.78, 5) is 13.5. The van der Waals surface area contributed by atoms with Crippen molar-refractivity contribution in [2.75, 3.05) is 13.2 Å². The van der Waals surface area contributed by atoms with Gasteiger partial charge in [0, 0.05) is 0 Å². The predicted molar refractivity (Wildman–Crippen MR) is 122 cm³/mol. The van der Waals surface area contributed by atoms with Gasteiger partial charge in [-0.25, -0.2) is 0 Å². The second kappa shape index (κ2) is 11.1. The molecule has 0 aromatic heterocycles. The highest BCUT2D eigenvalue weighted by atomic mass is 16.5. The number of hydrogen-bond donors (Lipinski definition) is 2. The smallest absolute Gasteiger partial charge is 0.321 e. The molecule has 2 aliphatic carbocycles. The molecule has 4 heteroatoms. The van der Waals surface area contributed by atoms with Crippen molar-refractivity contribution in [2.45, 2.75) is 85.2 Å². The second-order valence-corrected chi connectivity index (χ2v) is 9.24. The van der Waals surface area contributed by atoms with Gasteiger partial charge in [-0.1, -0.05) is 38.2 Å². The summed E-state index contributed by atoms with van der Waals surface area (Å²) in [6.07, 6.45) is 10.5. The number of aliphatic hydroxyl groups is 2. The molecule has 4 nitrogen and oxygen atoms in total. The van der Waals surface area contributed by atoms with Crippen LogP contribution in [0.25, 0.3) is 0 Å². The van der Waals surface area contributed by atoms with Crippen molar-refractivity contribution in [3.63, 3.8) is 0 Å². The summed E-state index contributed by atoms with van der Waals surface area (Å²) < 4.78 is 5.92. The molecule has 0 spiro atoms. The number of carbonyl (C=O) groups excluding carboxylic acids is 1. The third kappa shape index (κ3) is 5.33. The zero-order valence-electron chi connectivity index (χ0n) is 19.3. The Morgan fingerprint density at radius 2 is 2.10 bits per heavy atom. The van der Waals surface area contributed by atoms with Crippen LogP contribution in [0.1, 0.15) is 79.1 Å². The summed E-state index contributed by atoms with van der Waals surface area (Å²) in [6.45, 7) is 12.2. The van der Waals surface area contributed by atoms with Gasteiger partial charge >= 0.3 is 5.97 Å². The second-order valence-electron chi connectivity index (χ2n) is 9.24. The minimum absolute atomic E-state index is 0.0488. The van der Waals surface area contributed by atoms with Gasteiger partial charge in [0.1, 0.15) is 12.0 Å². The Bertz CT molecular complexity index is 725. The van der Waals surface area contributed by atoms with Gasteiger partial charge in [0.15, 0.2) is 0 Å². The lowest BCUT2D eigenvalue weighted by atomic mass is 9.62. The molecule has 168 valence electrons. The minimum atomic E-state index is -0.686. The molecule has 0 bridgehead atoms. The van der Waals surface area contributed by atoms with Crippen LogP contribution in [0.5, 0.6) is 0 Å². The van der Waals surface area contributed by atoms with E-state index in [0.29, 0.717) is 12.8 Å². The van der Waals surface area contributed by atoms with Gasteiger partial charge in [0.25, 0.3) is 0 Å². The fraction of sp³-hybridized carbons (Fsp3) is 0.654. The van der Waals surface area contributed by atoms with E-state index in [9.17, 15) is 15.0 Å². The lowest BCUT2D eigenvalue weighted by molar-refractivity contribution is -0.151. The molecular weight excluding hydrogens is 376 g/mol. The molecule has 2 N–H and O–H groups in total. The number of ether oxygens (including phenoxy) is 1. The predicted octanol–water partition coefficient (Wildman–Crippen LogP) is 5.42. The Morgan fingerprint density at radius 1 is 1.37 bits per heavy atom. The average molecular weight is 417 g/mol. The van der Waals surface area contributed by atoms with Crippen LogP contribution < -0.4 is 0 Å². The van der Waals surface area contributed by atoms with E-state index in [0.717, 1.165) is 55.2 Å². The SMILES string of the molecule is C=CC1=CCCC2=C(C)CCC[C@]12C(=O)OC/C(CCCC(O)C(C)C)=C(/C)CO. The summed E-state index contributed by atoms with van der Waals surface area (Å²) >= 11 is 0. The number of allylic oxidation sites excluding steroid dienone is 3. The number of fused-ring (bicyclic) bond motifs is 1. The highest BCUT2D eigenvalue weighted by molar-refractivity contribution is 5.86. The molecule has 0 aromatic rings. The van der Waals surface area contributed by atoms with Crippen LogP contribution in [0.4, 0.5) is 0 Å². The maximum atomic E-state index is 13.5. The van der Waals surface area contributed by atoms with Gasteiger partial charge in [-0.3, -0.25) is 4.79 Å². The summed E-state index contributed by atoms with van der Waals surface area (Å²) in [5.74, 6) is 0.0383. The van der Waals surface area contributed by atoms with Crippen LogP contribution in [0.3, 0.4) is 0 Å². The summed E-state index contributed by atoms with van der Waals surface area (Å²) in [6, 6.07) is 0. The van der Waals surface area contributed by atoms with Gasteiger partial charge in [0.05, 0.1) is 12.7 Å². The average Bonchev–Trinajstić information content (AvgIpc) is 2.74. The first-order chi connectivity index (χ1) is 14.3. The Labute approximate surface area is 182 Å². The zero-order chi connectivity index (χ0) is 22.3. The Balaban J connectivity index is 2.15. The maximum Gasteiger partial charge on any atom is 0.321 e. The molecule has 2 atom stereocenters. The number of esters is 1. The Hall–Kier alpha value is -1.65. The normalized spacial score (nSPS) is 23.5. The molecule has 0 fully saturated rings. The summed E-state index contributed by atoms with van der Waals surface area (Å²) in [5, 5.41) is 19.7. The summed E-state index contributed by atoms with van der Waals surface area (Å²) in [5.41, 5.74) is 4.64. The first kappa shape index (κ1) is 24.6. The third-order valence-electron chi connectivity index (χ3n) is 6.92. The van der Waals surface area contributed by atoms with Crippen LogP contribution in [-0.4, -0.2) is 35.5 Å².